The first-order valence-corrected chi connectivity index (χ1v) is 14.0. The second-order valence-corrected chi connectivity index (χ2v) is 11.9. The zero-order valence-electron chi connectivity index (χ0n) is 23.9. The molecule has 5 aromatic rings. The fraction of sp³-hybridized carbons (Fsp3) is 0.222. The molecule has 7 rings (SSSR count). The van der Waals surface area contributed by atoms with E-state index in [9.17, 15) is 5.11 Å². The van der Waals surface area contributed by atoms with Crippen molar-refractivity contribution in [3.63, 3.8) is 0 Å². The fourth-order valence-electron chi connectivity index (χ4n) is 6.15. The Balaban J connectivity index is 0.00000316. The molecule has 0 unspecified atom stereocenters. The van der Waals surface area contributed by atoms with Crippen molar-refractivity contribution in [2.45, 2.75) is 45.8 Å². The zero-order valence-corrected chi connectivity index (χ0v) is 26.2. The first kappa shape index (κ1) is 28.2. The van der Waals surface area contributed by atoms with Gasteiger partial charge in [0.05, 0.1) is 5.54 Å². The molecule has 0 bridgehead atoms. The van der Waals surface area contributed by atoms with E-state index in [0.29, 0.717) is 23.0 Å². The van der Waals surface area contributed by atoms with Crippen LogP contribution in [0.3, 0.4) is 0 Å². The summed E-state index contributed by atoms with van der Waals surface area (Å²) in [5.74, 6) is 1.55. The molecule has 1 N–H and O–H groups in total. The maximum atomic E-state index is 10.5. The molecule has 1 aliphatic heterocycles. The Morgan fingerprint density at radius 3 is 2.48 bits per heavy atom. The number of pyridine rings is 1. The molecule has 0 fully saturated rings. The molecule has 0 spiro atoms. The summed E-state index contributed by atoms with van der Waals surface area (Å²) < 4.78 is 13.0. The molecule has 6 heteroatoms. The minimum atomic E-state index is -0.441. The third-order valence-electron chi connectivity index (χ3n) is 8.70. The van der Waals surface area contributed by atoms with E-state index in [-0.39, 0.29) is 38.3 Å². The summed E-state index contributed by atoms with van der Waals surface area (Å²) in [5.41, 5.74) is 6.14. The van der Waals surface area contributed by atoms with Crippen LogP contribution in [0.1, 0.15) is 49.1 Å². The first-order valence-electron chi connectivity index (χ1n) is 14.0. The number of ether oxygens (including phenoxy) is 2. The number of fused-ring (bicyclic) bond motifs is 4. The number of nitrogens with zero attached hydrogens (tertiary/aromatic N) is 2. The van der Waals surface area contributed by atoms with Crippen molar-refractivity contribution in [1.29, 1.82) is 0 Å². The number of phenolic OH excluding ortho intramolecular Hbond substituents is 1. The molecule has 42 heavy (non-hydrogen) atoms. The number of aromatic nitrogens is 1. The predicted octanol–water partition coefficient (Wildman–Crippen LogP) is 8.36. The van der Waals surface area contributed by atoms with Crippen LogP contribution < -0.4 is 4.74 Å². The van der Waals surface area contributed by atoms with E-state index < -0.39 is 5.54 Å². The monoisotopic (exact) mass is 734 g/mol. The molecular weight excluding hydrogens is 703 g/mol. The van der Waals surface area contributed by atoms with Crippen molar-refractivity contribution in [2.75, 3.05) is 0 Å². The normalized spacial score (nSPS) is 20.1. The van der Waals surface area contributed by atoms with Gasteiger partial charge < -0.3 is 14.6 Å². The Kier molecular flexibility index (Phi) is 6.98. The summed E-state index contributed by atoms with van der Waals surface area (Å²) in [7, 11) is 0. The molecule has 2 atom stereocenters. The summed E-state index contributed by atoms with van der Waals surface area (Å²) in [5, 5.41) is 11.4. The van der Waals surface area contributed by atoms with Gasteiger partial charge >= 0.3 is 0 Å². The number of rotatable bonds is 4. The maximum Gasteiger partial charge on any atom is 0.217 e. The van der Waals surface area contributed by atoms with Crippen LogP contribution in [0.5, 0.6) is 17.4 Å². The van der Waals surface area contributed by atoms with Gasteiger partial charge in [-0.25, -0.2) is 4.98 Å². The molecule has 0 saturated heterocycles. The quantitative estimate of drug-likeness (QED) is 0.189. The van der Waals surface area contributed by atoms with Gasteiger partial charge in [0.25, 0.3) is 0 Å². The smallest absolute Gasteiger partial charge is 0.217 e. The second-order valence-electron chi connectivity index (χ2n) is 11.9. The van der Waals surface area contributed by atoms with Crippen molar-refractivity contribution in [3.05, 3.63) is 119 Å². The number of aliphatic imine (C=N–C) groups is 1. The number of benzene rings is 4. The van der Waals surface area contributed by atoms with Crippen LogP contribution >= 0.6 is 0 Å². The molecule has 1 aromatic heterocycles. The van der Waals surface area contributed by atoms with Crippen molar-refractivity contribution in [1.82, 2.24) is 4.98 Å². The third-order valence-corrected chi connectivity index (χ3v) is 8.70. The summed E-state index contributed by atoms with van der Waals surface area (Å²) in [6.45, 7) is 8.69. The van der Waals surface area contributed by atoms with Crippen LogP contribution in [0, 0.1) is 18.4 Å². The van der Waals surface area contributed by atoms with Crippen molar-refractivity contribution >= 4 is 16.8 Å². The van der Waals surface area contributed by atoms with Crippen LogP contribution in [0.25, 0.3) is 22.0 Å². The van der Waals surface area contributed by atoms with Gasteiger partial charge in [0.2, 0.25) is 5.88 Å². The van der Waals surface area contributed by atoms with Gasteiger partial charge in [-0.05, 0) is 66.1 Å². The maximum absolute atomic E-state index is 10.5. The van der Waals surface area contributed by atoms with E-state index in [0.717, 1.165) is 34.1 Å². The average molecular weight is 735 g/mol. The van der Waals surface area contributed by atoms with Gasteiger partial charge in [0, 0.05) is 38.3 Å². The van der Waals surface area contributed by atoms with Crippen molar-refractivity contribution < 1.29 is 35.6 Å². The molecule has 1 aliphatic carbocycles. The molecule has 0 saturated carbocycles. The average Bonchev–Trinajstić information content (AvgIpc) is 3.33. The third kappa shape index (κ3) is 4.70. The molecule has 4 aromatic carbocycles. The van der Waals surface area contributed by atoms with Crippen LogP contribution in [-0.4, -0.2) is 21.5 Å². The van der Waals surface area contributed by atoms with E-state index in [4.69, 9.17) is 14.5 Å². The molecular formula is C36H31N2O3Pt-. The van der Waals surface area contributed by atoms with Crippen LogP contribution in [0.4, 0.5) is 0 Å². The van der Waals surface area contributed by atoms with Gasteiger partial charge in [-0.3, -0.25) is 4.99 Å². The minimum absolute atomic E-state index is 0. The summed E-state index contributed by atoms with van der Waals surface area (Å²) in [4.78, 5) is 9.87. The fourth-order valence-corrected chi connectivity index (χ4v) is 6.15. The van der Waals surface area contributed by atoms with Crippen LogP contribution in [0.15, 0.2) is 96.0 Å². The SMILES string of the molecule is Cc1cc(O)c2nc(Oc3[c-]c(C4=N[C@]5(C)[C@H](O4)c4ccccc4CC5(C)C)cc(-c4ccccc4)c3)ccc2c1.[Pt]. The van der Waals surface area contributed by atoms with E-state index in [2.05, 4.69) is 74.3 Å². The number of hydrogen-bond acceptors (Lipinski definition) is 5. The topological polar surface area (TPSA) is 63.9 Å². The van der Waals surface area contributed by atoms with Gasteiger partial charge in [0.15, 0.2) is 0 Å². The van der Waals surface area contributed by atoms with Gasteiger partial charge in [-0.15, -0.1) is 6.07 Å². The summed E-state index contributed by atoms with van der Waals surface area (Å²) in [6.07, 6.45) is 0.738. The Morgan fingerprint density at radius 1 is 0.905 bits per heavy atom. The Morgan fingerprint density at radius 2 is 1.67 bits per heavy atom. The van der Waals surface area contributed by atoms with E-state index >= 15 is 0 Å². The Hall–Kier alpha value is -3.95. The van der Waals surface area contributed by atoms with Crippen LogP contribution in [-0.2, 0) is 32.2 Å². The van der Waals surface area contributed by atoms with Crippen LogP contribution in [0.2, 0.25) is 0 Å². The number of hydrogen-bond donors (Lipinski definition) is 1. The standard InChI is InChI=1S/C36H31N2O3.Pt/c1-22-16-24-14-15-31(37-32(24)30(39)17-22)40-28-19-26(23-10-6-5-7-11-23)18-27(20-28)34-38-36(4)33(41-34)29-13-9-8-12-25(29)21-35(36,2)3;/h5-19,33,39H,21H2,1-4H3;/q-1;/t33-,36-;/m1./s1. The molecule has 214 valence electrons. The Labute approximate surface area is 260 Å². The van der Waals surface area contributed by atoms with E-state index in [1.807, 2.05) is 49.4 Å². The van der Waals surface area contributed by atoms with Gasteiger partial charge in [0.1, 0.15) is 23.3 Å². The van der Waals surface area contributed by atoms with E-state index in [1.165, 1.54) is 11.1 Å². The molecule has 0 radical (unpaired) electrons. The largest absolute Gasteiger partial charge is 0.510 e. The molecule has 5 nitrogen and oxygen atoms in total. The summed E-state index contributed by atoms with van der Waals surface area (Å²) in [6, 6.07) is 33.5. The first-order chi connectivity index (χ1) is 19.7. The predicted molar refractivity (Wildman–Crippen MR) is 162 cm³/mol. The van der Waals surface area contributed by atoms with E-state index in [1.54, 1.807) is 6.07 Å². The molecule has 0 amide bonds. The minimum Gasteiger partial charge on any atom is -0.510 e. The van der Waals surface area contributed by atoms with Gasteiger partial charge in [-0.2, -0.15) is 0 Å². The van der Waals surface area contributed by atoms with Crippen molar-refractivity contribution in [2.24, 2.45) is 10.4 Å². The number of aryl methyl sites for hydroxylation is 1. The van der Waals surface area contributed by atoms with Crippen molar-refractivity contribution in [3.8, 4) is 28.5 Å². The number of phenols is 1. The summed E-state index contributed by atoms with van der Waals surface area (Å²) >= 11 is 0. The Bertz CT molecular complexity index is 1850. The second kappa shape index (κ2) is 10.4. The number of aromatic hydroxyl groups is 1. The molecule has 2 aliphatic rings. The molecule has 2 heterocycles. The zero-order chi connectivity index (χ0) is 28.4. The van der Waals surface area contributed by atoms with Gasteiger partial charge in [-0.1, -0.05) is 91.7 Å².